The second kappa shape index (κ2) is 5.61. The van der Waals surface area contributed by atoms with Crippen molar-refractivity contribution in [3.05, 3.63) is 11.5 Å². The fourth-order valence-corrected chi connectivity index (χ4v) is 3.45. The third-order valence-corrected chi connectivity index (χ3v) is 4.70. The summed E-state index contributed by atoms with van der Waals surface area (Å²) in [7, 11) is -3.58. The average Bonchev–Trinajstić information content (AvgIpc) is 2.59. The molecule has 1 N–H and O–H groups in total. The summed E-state index contributed by atoms with van der Waals surface area (Å²) in [5.41, 5.74) is 0.366. The van der Waals surface area contributed by atoms with Crippen molar-refractivity contribution in [2.45, 2.75) is 32.1 Å². The highest BCUT2D eigenvalue weighted by Gasteiger charge is 2.29. The molecule has 0 aliphatic heterocycles. The van der Waals surface area contributed by atoms with Crippen LogP contribution >= 0.6 is 0 Å². The molecule has 0 atom stereocenters. The van der Waals surface area contributed by atoms with E-state index in [1.165, 1.54) is 4.31 Å². The molecule has 0 aliphatic rings. The predicted molar refractivity (Wildman–Crippen MR) is 62.1 cm³/mol. The van der Waals surface area contributed by atoms with Crippen LogP contribution in [0.2, 0.25) is 0 Å². The number of hydrogen-bond acceptors (Lipinski definition) is 5. The molecule has 0 radical (unpaired) electrons. The van der Waals surface area contributed by atoms with Gasteiger partial charge in [-0.1, -0.05) is 12.1 Å². The first-order chi connectivity index (χ1) is 7.95. The highest BCUT2D eigenvalue weighted by molar-refractivity contribution is 7.89. The van der Waals surface area contributed by atoms with Crippen molar-refractivity contribution in [2.75, 3.05) is 19.7 Å². The Morgan fingerprint density at radius 2 is 2.06 bits per heavy atom. The molecule has 0 unspecified atom stereocenters. The Morgan fingerprint density at radius 1 is 1.41 bits per heavy atom. The molecule has 1 rings (SSSR count). The maximum atomic E-state index is 12.3. The molecule has 0 fully saturated rings. The van der Waals surface area contributed by atoms with Crippen LogP contribution in [0, 0.1) is 13.8 Å². The third-order valence-electron chi connectivity index (χ3n) is 2.48. The second-order valence-corrected chi connectivity index (χ2v) is 5.60. The lowest BCUT2D eigenvalue weighted by atomic mass is 10.4. The number of nitrogens with zero attached hydrogens (tertiary/aromatic N) is 2. The van der Waals surface area contributed by atoms with Gasteiger partial charge in [-0.3, -0.25) is 0 Å². The van der Waals surface area contributed by atoms with Gasteiger partial charge in [0, 0.05) is 19.7 Å². The lowest BCUT2D eigenvalue weighted by Gasteiger charge is -2.19. The normalized spacial score (nSPS) is 12.3. The lowest BCUT2D eigenvalue weighted by Crippen LogP contribution is -2.32. The molecule has 98 valence electrons. The van der Waals surface area contributed by atoms with E-state index in [1.807, 2.05) is 0 Å². The molecule has 1 aromatic rings. The highest BCUT2D eigenvalue weighted by Crippen LogP contribution is 2.23. The van der Waals surface area contributed by atoms with Gasteiger partial charge in [-0.25, -0.2) is 8.42 Å². The molecule has 0 amide bonds. The smallest absolute Gasteiger partial charge is 0.248 e. The summed E-state index contributed by atoms with van der Waals surface area (Å²) in [6, 6.07) is 0. The number of aliphatic hydroxyl groups excluding tert-OH is 1. The first-order valence-corrected chi connectivity index (χ1v) is 6.93. The van der Waals surface area contributed by atoms with Gasteiger partial charge in [-0.05, 0) is 20.3 Å². The summed E-state index contributed by atoms with van der Waals surface area (Å²) in [6.07, 6.45) is 0.413. The van der Waals surface area contributed by atoms with Crippen LogP contribution in [-0.4, -0.2) is 42.7 Å². The van der Waals surface area contributed by atoms with E-state index in [1.54, 1.807) is 20.8 Å². The number of rotatable bonds is 6. The van der Waals surface area contributed by atoms with Crippen LogP contribution in [0.4, 0.5) is 0 Å². The highest BCUT2D eigenvalue weighted by atomic mass is 32.2. The number of sulfonamides is 1. The topological polar surface area (TPSA) is 83.6 Å². The first-order valence-electron chi connectivity index (χ1n) is 5.49. The minimum atomic E-state index is -3.58. The van der Waals surface area contributed by atoms with Gasteiger partial charge in [-0.2, -0.15) is 4.31 Å². The fraction of sp³-hybridized carbons (Fsp3) is 0.700. The van der Waals surface area contributed by atoms with Crippen LogP contribution < -0.4 is 0 Å². The van der Waals surface area contributed by atoms with Crippen LogP contribution in [0.1, 0.15) is 24.8 Å². The molecule has 0 bridgehead atoms. The van der Waals surface area contributed by atoms with Gasteiger partial charge in [0.25, 0.3) is 0 Å². The summed E-state index contributed by atoms with van der Waals surface area (Å²) < 4.78 is 30.8. The molecular weight excluding hydrogens is 244 g/mol. The van der Waals surface area contributed by atoms with Gasteiger partial charge >= 0.3 is 0 Å². The fourth-order valence-electron chi connectivity index (χ4n) is 1.67. The maximum Gasteiger partial charge on any atom is 0.248 e. The predicted octanol–water partition coefficient (Wildman–Crippen LogP) is 0.684. The summed E-state index contributed by atoms with van der Waals surface area (Å²) in [6.45, 7) is 5.54. The van der Waals surface area contributed by atoms with E-state index in [2.05, 4.69) is 5.16 Å². The van der Waals surface area contributed by atoms with Gasteiger partial charge in [0.2, 0.25) is 10.0 Å². The number of aromatic nitrogens is 1. The summed E-state index contributed by atoms with van der Waals surface area (Å²) >= 11 is 0. The first kappa shape index (κ1) is 14.1. The van der Waals surface area contributed by atoms with Crippen LogP contribution in [0.5, 0.6) is 0 Å². The van der Waals surface area contributed by atoms with E-state index >= 15 is 0 Å². The number of aryl methyl sites for hydroxylation is 2. The summed E-state index contributed by atoms with van der Waals surface area (Å²) in [5.74, 6) is 0.296. The van der Waals surface area contributed by atoms with E-state index in [0.29, 0.717) is 31.0 Å². The largest absolute Gasteiger partial charge is 0.396 e. The van der Waals surface area contributed by atoms with Crippen molar-refractivity contribution in [1.82, 2.24) is 9.46 Å². The van der Waals surface area contributed by atoms with Gasteiger partial charge < -0.3 is 9.63 Å². The van der Waals surface area contributed by atoms with Crippen molar-refractivity contribution >= 4 is 10.0 Å². The van der Waals surface area contributed by atoms with Gasteiger partial charge in [0.05, 0.1) is 0 Å². The Kier molecular flexibility index (Phi) is 4.67. The monoisotopic (exact) mass is 262 g/mol. The van der Waals surface area contributed by atoms with Crippen molar-refractivity contribution < 1.29 is 18.0 Å². The van der Waals surface area contributed by atoms with E-state index in [9.17, 15) is 8.42 Å². The SMILES string of the molecule is CCN(CCCO)S(=O)(=O)c1c(C)noc1C. The van der Waals surface area contributed by atoms with E-state index in [-0.39, 0.29) is 11.5 Å². The Balaban J connectivity index is 3.09. The Hall–Kier alpha value is -0.920. The lowest BCUT2D eigenvalue weighted by molar-refractivity contribution is 0.271. The van der Waals surface area contributed by atoms with Crippen LogP contribution in [0.15, 0.2) is 9.42 Å². The third kappa shape index (κ3) is 2.85. The molecule has 6 nitrogen and oxygen atoms in total. The zero-order chi connectivity index (χ0) is 13.1. The van der Waals surface area contributed by atoms with Crippen molar-refractivity contribution in [3.63, 3.8) is 0 Å². The van der Waals surface area contributed by atoms with Crippen LogP contribution in [-0.2, 0) is 10.0 Å². The van der Waals surface area contributed by atoms with E-state index < -0.39 is 10.0 Å². The second-order valence-electron chi connectivity index (χ2n) is 3.73. The van der Waals surface area contributed by atoms with Crippen molar-refractivity contribution in [3.8, 4) is 0 Å². The minimum Gasteiger partial charge on any atom is -0.396 e. The molecule has 0 saturated heterocycles. The van der Waals surface area contributed by atoms with Crippen LogP contribution in [0.3, 0.4) is 0 Å². The van der Waals surface area contributed by atoms with Crippen molar-refractivity contribution in [2.24, 2.45) is 0 Å². The van der Waals surface area contributed by atoms with E-state index in [0.717, 1.165) is 0 Å². The average molecular weight is 262 g/mol. The zero-order valence-corrected chi connectivity index (χ0v) is 11.1. The van der Waals surface area contributed by atoms with Gasteiger partial charge in [0.15, 0.2) is 5.76 Å². The maximum absolute atomic E-state index is 12.3. The molecule has 0 saturated carbocycles. The molecular formula is C10H18N2O4S. The minimum absolute atomic E-state index is 0.0341. The molecule has 0 aliphatic carbocycles. The Bertz CT molecular complexity index is 447. The quantitative estimate of drug-likeness (QED) is 0.815. The molecule has 7 heteroatoms. The summed E-state index contributed by atoms with van der Waals surface area (Å²) in [5, 5.41) is 12.4. The zero-order valence-electron chi connectivity index (χ0n) is 10.3. The summed E-state index contributed by atoms with van der Waals surface area (Å²) in [4.78, 5) is 0.136. The molecule has 0 aromatic carbocycles. The number of aliphatic hydroxyl groups is 1. The molecule has 17 heavy (non-hydrogen) atoms. The van der Waals surface area contributed by atoms with Crippen LogP contribution in [0.25, 0.3) is 0 Å². The van der Waals surface area contributed by atoms with E-state index in [4.69, 9.17) is 9.63 Å². The molecule has 1 heterocycles. The van der Waals surface area contributed by atoms with Gasteiger partial charge in [-0.15, -0.1) is 0 Å². The standard InChI is InChI=1S/C10H18N2O4S/c1-4-12(6-5-7-13)17(14,15)10-8(2)11-16-9(10)3/h13H,4-7H2,1-3H3. The molecule has 1 aromatic heterocycles. The Labute approximate surface area is 101 Å². The number of hydrogen-bond donors (Lipinski definition) is 1. The Morgan fingerprint density at radius 3 is 2.47 bits per heavy atom. The molecule has 0 spiro atoms. The van der Waals surface area contributed by atoms with Gasteiger partial charge in [0.1, 0.15) is 10.6 Å². The van der Waals surface area contributed by atoms with Crippen molar-refractivity contribution in [1.29, 1.82) is 0 Å².